The number of hydrogen-bond donors (Lipinski definition) is 1. The van der Waals surface area contributed by atoms with Crippen LogP contribution in [0.3, 0.4) is 0 Å². The van der Waals surface area contributed by atoms with Crippen molar-refractivity contribution in [1.82, 2.24) is 4.98 Å². The van der Waals surface area contributed by atoms with Gasteiger partial charge in [0.2, 0.25) is 0 Å². The van der Waals surface area contributed by atoms with Crippen molar-refractivity contribution >= 4 is 29.3 Å². The lowest BCUT2D eigenvalue weighted by molar-refractivity contribution is -0.268. The molecule has 8 heteroatoms. The van der Waals surface area contributed by atoms with Crippen molar-refractivity contribution in [2.75, 3.05) is 10.7 Å². The van der Waals surface area contributed by atoms with E-state index in [1.807, 2.05) is 54.6 Å². The molecule has 1 aromatic heterocycles. The van der Waals surface area contributed by atoms with Gasteiger partial charge in [0.05, 0.1) is 40.7 Å². The number of rotatable bonds is 7. The molecule has 0 aliphatic carbocycles. The number of carbonyl (C=O) groups is 2. The summed E-state index contributed by atoms with van der Waals surface area (Å²) >= 11 is 1.63. The first kappa shape index (κ1) is 26.4. The van der Waals surface area contributed by atoms with Crippen molar-refractivity contribution in [3.63, 3.8) is 0 Å². The molecule has 0 radical (unpaired) electrons. The summed E-state index contributed by atoms with van der Waals surface area (Å²) in [7, 11) is 0. The van der Waals surface area contributed by atoms with E-state index in [-0.39, 0.29) is 36.5 Å². The van der Waals surface area contributed by atoms with E-state index in [0.717, 1.165) is 16.2 Å². The van der Waals surface area contributed by atoms with E-state index in [9.17, 15) is 14.7 Å². The van der Waals surface area contributed by atoms with Gasteiger partial charge in [-0.2, -0.15) is 0 Å². The average Bonchev–Trinajstić information content (AvgIpc) is 3.26. The normalized spacial score (nSPS) is 22.4. The molecule has 202 valence electrons. The van der Waals surface area contributed by atoms with Crippen LogP contribution in [0.1, 0.15) is 56.7 Å². The van der Waals surface area contributed by atoms with E-state index in [1.165, 1.54) is 4.90 Å². The molecule has 0 saturated carbocycles. The summed E-state index contributed by atoms with van der Waals surface area (Å²) < 4.78 is 13.1. The van der Waals surface area contributed by atoms with E-state index >= 15 is 0 Å². The van der Waals surface area contributed by atoms with Crippen LogP contribution < -0.4 is 4.90 Å². The molecule has 4 aromatic rings. The number of fused-ring (bicyclic) bond motifs is 1. The fourth-order valence-corrected chi connectivity index (χ4v) is 6.17. The number of aromatic nitrogens is 1. The molecule has 40 heavy (non-hydrogen) atoms. The number of aliphatic hydroxyl groups excluding tert-OH is 1. The maximum absolute atomic E-state index is 13.1. The summed E-state index contributed by atoms with van der Waals surface area (Å²) in [6, 6.07) is 27.7. The first-order valence-corrected chi connectivity index (χ1v) is 14.1. The lowest BCUT2D eigenvalue weighted by Gasteiger charge is -2.41. The second-order valence-corrected chi connectivity index (χ2v) is 10.9. The van der Waals surface area contributed by atoms with Gasteiger partial charge in [-0.25, -0.2) is 9.88 Å². The predicted octanol–water partition coefficient (Wildman–Crippen LogP) is 5.96. The Bertz CT molecular complexity index is 1490. The van der Waals surface area contributed by atoms with Gasteiger partial charge in [-0.15, -0.1) is 11.8 Å². The second kappa shape index (κ2) is 11.3. The number of thioether (sulfide) groups is 1. The minimum Gasteiger partial charge on any atom is -0.392 e. The van der Waals surface area contributed by atoms with Crippen molar-refractivity contribution in [2.45, 2.75) is 37.1 Å². The fraction of sp³-hybridized carbons (Fsp3) is 0.219. The van der Waals surface area contributed by atoms with Gasteiger partial charge in [-0.3, -0.25) is 9.59 Å². The van der Waals surface area contributed by atoms with Gasteiger partial charge in [0.25, 0.3) is 11.8 Å². The van der Waals surface area contributed by atoms with Crippen LogP contribution in [0.2, 0.25) is 0 Å². The maximum Gasteiger partial charge on any atom is 0.266 e. The summed E-state index contributed by atoms with van der Waals surface area (Å²) in [5.74, 6) is -0.00000302. The molecule has 1 fully saturated rings. The summed E-state index contributed by atoms with van der Waals surface area (Å²) in [5, 5.41) is 10.4. The quantitative estimate of drug-likeness (QED) is 0.224. The third-order valence-electron chi connectivity index (χ3n) is 7.35. The Hall–Kier alpha value is -3.82. The van der Waals surface area contributed by atoms with Crippen molar-refractivity contribution in [3.05, 3.63) is 125 Å². The monoisotopic (exact) mass is 552 g/mol. The molecule has 3 aromatic carbocycles. The molecule has 0 spiro atoms. The molecule has 2 amide bonds. The molecule has 1 saturated heterocycles. The Morgan fingerprint density at radius 2 is 1.57 bits per heavy atom. The number of amides is 2. The Balaban J connectivity index is 1.30. The number of hydrogen-bond acceptors (Lipinski definition) is 7. The van der Waals surface area contributed by atoms with Gasteiger partial charge in [0.1, 0.15) is 0 Å². The number of anilines is 1. The van der Waals surface area contributed by atoms with Gasteiger partial charge in [0.15, 0.2) is 6.29 Å². The van der Waals surface area contributed by atoms with Crippen LogP contribution in [0.15, 0.2) is 102 Å². The van der Waals surface area contributed by atoms with Crippen LogP contribution in [0.4, 0.5) is 5.69 Å². The average molecular weight is 553 g/mol. The Labute approximate surface area is 236 Å². The number of imide groups is 1. The molecular weight excluding hydrogens is 524 g/mol. The van der Waals surface area contributed by atoms with Crippen molar-refractivity contribution in [3.8, 4) is 0 Å². The van der Waals surface area contributed by atoms with Crippen LogP contribution in [0.5, 0.6) is 0 Å². The molecule has 6 rings (SSSR count). The van der Waals surface area contributed by atoms with Gasteiger partial charge in [-0.1, -0.05) is 61.5 Å². The highest BCUT2D eigenvalue weighted by molar-refractivity contribution is 7.99. The number of pyridine rings is 1. The topological polar surface area (TPSA) is 89.0 Å². The third-order valence-corrected chi connectivity index (χ3v) is 8.38. The summed E-state index contributed by atoms with van der Waals surface area (Å²) in [6.07, 6.45) is 0.610. The van der Waals surface area contributed by atoms with Crippen molar-refractivity contribution in [1.29, 1.82) is 0 Å². The lowest BCUT2D eigenvalue weighted by Crippen LogP contribution is -2.38. The largest absolute Gasteiger partial charge is 0.392 e. The Kier molecular flexibility index (Phi) is 7.49. The molecule has 0 bridgehead atoms. The zero-order valence-corrected chi connectivity index (χ0v) is 22.7. The lowest BCUT2D eigenvalue weighted by atomic mass is 9.91. The van der Waals surface area contributed by atoms with Crippen LogP contribution >= 0.6 is 11.8 Å². The molecule has 1 N–H and O–H groups in total. The van der Waals surface area contributed by atoms with E-state index in [1.54, 1.807) is 54.4 Å². The zero-order valence-electron chi connectivity index (χ0n) is 21.8. The van der Waals surface area contributed by atoms with Crippen LogP contribution in [0, 0.1) is 5.92 Å². The number of ether oxygens (including phenoxy) is 2. The smallest absolute Gasteiger partial charge is 0.266 e. The fourth-order valence-electron chi connectivity index (χ4n) is 5.14. The maximum atomic E-state index is 13.1. The highest BCUT2D eigenvalue weighted by atomic mass is 32.2. The molecule has 4 atom stereocenters. The number of aliphatic hydroxyl groups is 1. The predicted molar refractivity (Wildman–Crippen MR) is 152 cm³/mol. The first-order valence-electron chi connectivity index (χ1n) is 13.2. The van der Waals surface area contributed by atoms with Gasteiger partial charge >= 0.3 is 0 Å². The number of benzene rings is 3. The highest BCUT2D eigenvalue weighted by Gasteiger charge is 2.40. The molecule has 2 aliphatic rings. The Morgan fingerprint density at radius 1 is 0.850 bits per heavy atom. The van der Waals surface area contributed by atoms with E-state index in [2.05, 4.69) is 11.9 Å². The van der Waals surface area contributed by atoms with E-state index in [0.29, 0.717) is 28.1 Å². The van der Waals surface area contributed by atoms with Gasteiger partial charge in [0, 0.05) is 23.4 Å². The van der Waals surface area contributed by atoms with Crippen molar-refractivity contribution in [2.24, 2.45) is 5.92 Å². The number of nitrogens with zero attached hydrogens (tertiary/aromatic N) is 2. The van der Waals surface area contributed by atoms with E-state index < -0.39 is 6.29 Å². The van der Waals surface area contributed by atoms with Gasteiger partial charge in [-0.05, 0) is 47.5 Å². The first-order chi connectivity index (χ1) is 19.5. The Morgan fingerprint density at radius 3 is 2.25 bits per heavy atom. The van der Waals surface area contributed by atoms with E-state index in [4.69, 9.17) is 9.47 Å². The second-order valence-electron chi connectivity index (χ2n) is 9.89. The van der Waals surface area contributed by atoms with Gasteiger partial charge < -0.3 is 14.6 Å². The molecule has 0 unspecified atom stereocenters. The molecular formula is C32H28N2O5S. The van der Waals surface area contributed by atoms with Crippen LogP contribution in [-0.2, 0) is 16.1 Å². The zero-order chi connectivity index (χ0) is 27.6. The summed E-state index contributed by atoms with van der Waals surface area (Å²) in [6.45, 7) is 2.08. The molecule has 2 aliphatic heterocycles. The number of carbonyl (C=O) groups excluding carboxylic acids is 2. The molecule has 7 nitrogen and oxygen atoms in total. The summed E-state index contributed by atoms with van der Waals surface area (Å²) in [4.78, 5) is 31.9. The molecule has 3 heterocycles. The third kappa shape index (κ3) is 5.07. The standard InChI is InChI=1S/C32H28N2O5S/c1-20-27(19-40-28-11-4-5-16-33-28)38-32(39-29(20)22-14-12-21(18-35)13-15-22)23-7-6-8-24(17-23)34-30(36)25-9-2-3-10-26(25)31(34)37/h2-17,20,27,29,32,35H,18-19H2,1H3/t20-,27+,29+,32+/m1/s1. The minimum atomic E-state index is -0.719. The van der Waals surface area contributed by atoms with Crippen LogP contribution in [-0.4, -0.2) is 33.8 Å². The van der Waals surface area contributed by atoms with Crippen LogP contribution in [0.25, 0.3) is 0 Å². The highest BCUT2D eigenvalue weighted by Crippen LogP contribution is 2.43. The minimum absolute atomic E-state index is 0.0202. The SMILES string of the molecule is C[C@@H]1[C@H](CSc2ccccn2)O[C@H](c2cccc(N3C(=O)c4ccccc4C3=O)c2)O[C@@H]1c1ccc(CO)cc1. The van der Waals surface area contributed by atoms with Crippen molar-refractivity contribution < 1.29 is 24.2 Å². The summed E-state index contributed by atoms with van der Waals surface area (Å²) in [5.41, 5.74) is 3.80.